The molecular formula is C18H25NO. The number of likely N-dealkylation sites (tertiary alicyclic amines) is 1. The van der Waals surface area contributed by atoms with Crippen molar-refractivity contribution in [2.75, 3.05) is 13.1 Å². The van der Waals surface area contributed by atoms with Gasteiger partial charge in [0.15, 0.2) is 0 Å². The molecule has 0 N–H and O–H groups in total. The fourth-order valence-electron chi connectivity index (χ4n) is 4.04. The van der Waals surface area contributed by atoms with Crippen LogP contribution < -0.4 is 0 Å². The Kier molecular flexibility index (Phi) is 4.51. The number of aldehydes is 1. The van der Waals surface area contributed by atoms with Crippen molar-refractivity contribution >= 4 is 6.29 Å². The van der Waals surface area contributed by atoms with Crippen LogP contribution in [-0.2, 0) is 4.79 Å². The van der Waals surface area contributed by atoms with Gasteiger partial charge in [-0.1, -0.05) is 43.2 Å². The second kappa shape index (κ2) is 6.53. The normalized spacial score (nSPS) is 29.2. The van der Waals surface area contributed by atoms with Crippen molar-refractivity contribution in [2.24, 2.45) is 5.92 Å². The number of piperidine rings is 1. The highest BCUT2D eigenvalue weighted by Crippen LogP contribution is 2.33. The lowest BCUT2D eigenvalue weighted by molar-refractivity contribution is -0.114. The van der Waals surface area contributed by atoms with E-state index in [1.807, 2.05) is 0 Å². The van der Waals surface area contributed by atoms with Gasteiger partial charge >= 0.3 is 0 Å². The highest BCUT2D eigenvalue weighted by atomic mass is 16.1. The monoisotopic (exact) mass is 271 g/mol. The molecule has 0 bridgehead atoms. The lowest BCUT2D eigenvalue weighted by atomic mass is 9.82. The molecule has 0 aromatic heterocycles. The van der Waals surface area contributed by atoms with Crippen LogP contribution in [0.25, 0.3) is 0 Å². The summed E-state index contributed by atoms with van der Waals surface area (Å²) < 4.78 is 0. The van der Waals surface area contributed by atoms with Crippen molar-refractivity contribution in [2.45, 2.75) is 50.5 Å². The zero-order chi connectivity index (χ0) is 13.8. The van der Waals surface area contributed by atoms with Crippen LogP contribution in [0.3, 0.4) is 0 Å². The Morgan fingerprint density at radius 2 is 1.65 bits per heavy atom. The molecule has 2 aliphatic rings. The zero-order valence-electron chi connectivity index (χ0n) is 12.2. The third-order valence-corrected chi connectivity index (χ3v) is 5.23. The average Bonchev–Trinajstić information content (AvgIpc) is 2.56. The Morgan fingerprint density at radius 1 is 0.950 bits per heavy atom. The van der Waals surface area contributed by atoms with Gasteiger partial charge in [-0.15, -0.1) is 0 Å². The van der Waals surface area contributed by atoms with Crippen LogP contribution in [-0.4, -0.2) is 30.3 Å². The van der Waals surface area contributed by atoms with Gasteiger partial charge in [-0.05, 0) is 50.3 Å². The minimum Gasteiger partial charge on any atom is -0.303 e. The molecule has 20 heavy (non-hydrogen) atoms. The van der Waals surface area contributed by atoms with Crippen LogP contribution in [0.2, 0.25) is 0 Å². The van der Waals surface area contributed by atoms with Crippen LogP contribution >= 0.6 is 0 Å². The van der Waals surface area contributed by atoms with E-state index in [0.717, 1.165) is 19.5 Å². The molecule has 1 saturated heterocycles. The summed E-state index contributed by atoms with van der Waals surface area (Å²) in [5.41, 5.74) is 1.49. The number of benzene rings is 1. The first kappa shape index (κ1) is 13.8. The minimum absolute atomic E-state index is 0.289. The molecule has 0 spiro atoms. The molecule has 1 heterocycles. The summed E-state index contributed by atoms with van der Waals surface area (Å²) in [7, 11) is 0. The van der Waals surface area contributed by atoms with E-state index in [4.69, 9.17) is 0 Å². The van der Waals surface area contributed by atoms with E-state index >= 15 is 0 Å². The fourth-order valence-corrected chi connectivity index (χ4v) is 4.04. The van der Waals surface area contributed by atoms with Crippen LogP contribution in [0.15, 0.2) is 30.3 Å². The molecule has 1 saturated carbocycles. The van der Waals surface area contributed by atoms with Gasteiger partial charge in [0.05, 0.1) is 0 Å². The van der Waals surface area contributed by atoms with Crippen molar-refractivity contribution < 1.29 is 4.79 Å². The summed E-state index contributed by atoms with van der Waals surface area (Å²) in [4.78, 5) is 13.9. The number of rotatable bonds is 3. The number of nitrogens with zero attached hydrogens (tertiary/aromatic N) is 1. The largest absolute Gasteiger partial charge is 0.303 e. The SMILES string of the molecule is O=CC1CCCCC1N1CCC(c2ccccc2)CC1. The predicted octanol–water partition coefficient (Wildman–Crippen LogP) is 3.62. The number of carbonyl (C=O) groups is 1. The zero-order valence-corrected chi connectivity index (χ0v) is 12.2. The van der Waals surface area contributed by atoms with E-state index < -0.39 is 0 Å². The molecule has 1 aromatic carbocycles. The maximum Gasteiger partial charge on any atom is 0.124 e. The average molecular weight is 271 g/mol. The highest BCUT2D eigenvalue weighted by Gasteiger charge is 2.32. The Hall–Kier alpha value is -1.15. The quantitative estimate of drug-likeness (QED) is 0.783. The summed E-state index contributed by atoms with van der Waals surface area (Å²) in [5.74, 6) is 1.00. The molecule has 1 aliphatic carbocycles. The number of hydrogen-bond acceptors (Lipinski definition) is 2. The summed E-state index contributed by atoms with van der Waals surface area (Å²) in [6, 6.07) is 11.4. The number of hydrogen-bond donors (Lipinski definition) is 0. The maximum atomic E-state index is 11.3. The molecule has 2 atom stereocenters. The van der Waals surface area contributed by atoms with E-state index in [1.54, 1.807) is 0 Å². The van der Waals surface area contributed by atoms with Gasteiger partial charge in [0, 0.05) is 12.0 Å². The summed E-state index contributed by atoms with van der Waals surface area (Å²) >= 11 is 0. The van der Waals surface area contributed by atoms with Crippen molar-refractivity contribution in [1.82, 2.24) is 4.90 Å². The summed E-state index contributed by atoms with van der Waals surface area (Å²) in [5, 5.41) is 0. The van der Waals surface area contributed by atoms with E-state index in [9.17, 15) is 4.79 Å². The van der Waals surface area contributed by atoms with E-state index in [-0.39, 0.29) is 5.92 Å². The topological polar surface area (TPSA) is 20.3 Å². The van der Waals surface area contributed by atoms with Crippen LogP contribution in [0.1, 0.15) is 50.0 Å². The van der Waals surface area contributed by atoms with E-state index in [0.29, 0.717) is 12.0 Å². The van der Waals surface area contributed by atoms with Gasteiger partial charge < -0.3 is 4.79 Å². The fraction of sp³-hybridized carbons (Fsp3) is 0.611. The third kappa shape index (κ3) is 2.95. The molecule has 108 valence electrons. The Labute approximate surface area is 122 Å². The molecule has 1 aliphatic heterocycles. The Morgan fingerprint density at radius 3 is 2.35 bits per heavy atom. The van der Waals surface area contributed by atoms with Crippen molar-refractivity contribution in [1.29, 1.82) is 0 Å². The maximum absolute atomic E-state index is 11.3. The number of carbonyl (C=O) groups excluding carboxylic acids is 1. The molecule has 0 amide bonds. The molecule has 3 rings (SSSR count). The van der Waals surface area contributed by atoms with Crippen molar-refractivity contribution in [3.63, 3.8) is 0 Å². The standard InChI is InChI=1S/C18H25NO/c20-14-17-8-4-5-9-18(17)19-12-10-16(11-13-19)15-6-2-1-3-7-15/h1-3,6-7,14,16-18H,4-5,8-13H2. The Bertz CT molecular complexity index is 422. The lowest BCUT2D eigenvalue weighted by Gasteiger charge is -2.41. The van der Waals surface area contributed by atoms with E-state index in [1.165, 1.54) is 44.0 Å². The van der Waals surface area contributed by atoms with Crippen molar-refractivity contribution in [3.05, 3.63) is 35.9 Å². The smallest absolute Gasteiger partial charge is 0.124 e. The van der Waals surface area contributed by atoms with Crippen LogP contribution in [0, 0.1) is 5.92 Å². The van der Waals surface area contributed by atoms with Gasteiger partial charge in [-0.3, -0.25) is 4.90 Å². The molecule has 2 fully saturated rings. The molecule has 2 unspecified atom stereocenters. The van der Waals surface area contributed by atoms with Crippen LogP contribution in [0.4, 0.5) is 0 Å². The molecule has 0 radical (unpaired) electrons. The molecular weight excluding hydrogens is 246 g/mol. The first-order valence-corrected chi connectivity index (χ1v) is 8.13. The van der Waals surface area contributed by atoms with Crippen LogP contribution in [0.5, 0.6) is 0 Å². The second-order valence-corrected chi connectivity index (χ2v) is 6.37. The van der Waals surface area contributed by atoms with Gasteiger partial charge in [-0.25, -0.2) is 0 Å². The predicted molar refractivity (Wildman–Crippen MR) is 81.8 cm³/mol. The van der Waals surface area contributed by atoms with Gasteiger partial charge in [0.2, 0.25) is 0 Å². The highest BCUT2D eigenvalue weighted by molar-refractivity contribution is 5.55. The summed E-state index contributed by atoms with van der Waals surface area (Å²) in [6.45, 7) is 2.32. The molecule has 2 heteroatoms. The molecule has 1 aromatic rings. The van der Waals surface area contributed by atoms with Crippen molar-refractivity contribution in [3.8, 4) is 0 Å². The minimum atomic E-state index is 0.289. The Balaban J connectivity index is 1.59. The lowest BCUT2D eigenvalue weighted by Crippen LogP contribution is -2.46. The second-order valence-electron chi connectivity index (χ2n) is 6.37. The van der Waals surface area contributed by atoms with E-state index in [2.05, 4.69) is 35.2 Å². The molecule has 2 nitrogen and oxygen atoms in total. The van der Waals surface area contributed by atoms with Gasteiger partial charge in [-0.2, -0.15) is 0 Å². The first-order valence-electron chi connectivity index (χ1n) is 8.13. The summed E-state index contributed by atoms with van der Waals surface area (Å²) in [6.07, 6.45) is 8.56. The third-order valence-electron chi connectivity index (χ3n) is 5.23. The van der Waals surface area contributed by atoms with Gasteiger partial charge in [0.25, 0.3) is 0 Å². The first-order chi connectivity index (χ1) is 9.88. The van der Waals surface area contributed by atoms with Gasteiger partial charge in [0.1, 0.15) is 6.29 Å².